The van der Waals surface area contributed by atoms with Crippen LogP contribution in [-0.4, -0.2) is 23.1 Å². The highest BCUT2D eigenvalue weighted by molar-refractivity contribution is 6.58. The molecule has 0 saturated carbocycles. The van der Waals surface area contributed by atoms with Crippen molar-refractivity contribution >= 4 is 24.2 Å². The number of hydrogen-bond acceptors (Lipinski definition) is 3. The molecule has 0 saturated heterocycles. The van der Waals surface area contributed by atoms with Gasteiger partial charge in [0.1, 0.15) is 0 Å². The molecule has 3 N–H and O–H groups in total. The number of anilines is 1. The second-order valence-electron chi connectivity index (χ2n) is 3.14. The Morgan fingerprint density at radius 3 is 2.67 bits per heavy atom. The smallest absolute Gasteiger partial charge is 0.423 e. The molecule has 4 nitrogen and oxygen atoms in total. The Kier molecular flexibility index (Phi) is 3.65. The molecule has 1 aromatic rings. The van der Waals surface area contributed by atoms with Crippen molar-refractivity contribution in [2.45, 2.75) is 6.92 Å². The average molecular weight is 205 g/mol. The fourth-order valence-electron chi connectivity index (χ4n) is 1.17. The third kappa shape index (κ3) is 2.94. The summed E-state index contributed by atoms with van der Waals surface area (Å²) in [7, 11) is -1.49. The zero-order chi connectivity index (χ0) is 11.4. The van der Waals surface area contributed by atoms with Crippen LogP contribution in [0, 0.1) is 6.92 Å². The van der Waals surface area contributed by atoms with Crippen molar-refractivity contribution in [1.82, 2.24) is 0 Å². The molecule has 15 heavy (non-hydrogen) atoms. The molecule has 1 rings (SSSR count). The molecule has 0 atom stereocenters. The van der Waals surface area contributed by atoms with E-state index in [-0.39, 0.29) is 5.91 Å². The molecule has 5 heteroatoms. The van der Waals surface area contributed by atoms with E-state index in [2.05, 4.69) is 11.9 Å². The number of hydrogen-bond donors (Lipinski definition) is 3. The van der Waals surface area contributed by atoms with Gasteiger partial charge in [0.05, 0.1) is 0 Å². The van der Waals surface area contributed by atoms with Crippen LogP contribution >= 0.6 is 0 Å². The third-order valence-corrected chi connectivity index (χ3v) is 1.99. The molecule has 0 aliphatic rings. The highest BCUT2D eigenvalue weighted by Gasteiger charge is 2.12. The van der Waals surface area contributed by atoms with E-state index >= 15 is 0 Å². The molecule has 0 radical (unpaired) electrons. The summed E-state index contributed by atoms with van der Waals surface area (Å²) in [6.45, 7) is 5.11. The molecule has 0 aliphatic carbocycles. The van der Waals surface area contributed by atoms with Gasteiger partial charge in [0.15, 0.2) is 0 Å². The predicted octanol–water partition coefficient (Wildman–Crippen LogP) is -0.201. The van der Waals surface area contributed by atoms with Gasteiger partial charge in [0.25, 0.3) is 0 Å². The normalized spacial score (nSPS) is 9.53. The number of carbonyl (C=O) groups is 1. The van der Waals surface area contributed by atoms with Gasteiger partial charge in [-0.25, -0.2) is 0 Å². The maximum atomic E-state index is 11.0. The summed E-state index contributed by atoms with van der Waals surface area (Å²) >= 11 is 0. The zero-order valence-corrected chi connectivity index (χ0v) is 8.40. The van der Waals surface area contributed by atoms with Crippen LogP contribution in [0.4, 0.5) is 5.69 Å². The van der Waals surface area contributed by atoms with Crippen LogP contribution in [0.25, 0.3) is 0 Å². The lowest BCUT2D eigenvalue weighted by atomic mass is 9.79. The minimum atomic E-state index is -1.49. The number of carbonyl (C=O) groups excluding carboxylic acids is 1. The Balaban J connectivity index is 2.93. The van der Waals surface area contributed by atoms with Crippen LogP contribution in [-0.2, 0) is 4.79 Å². The first-order valence-electron chi connectivity index (χ1n) is 4.44. The van der Waals surface area contributed by atoms with E-state index in [0.717, 1.165) is 5.56 Å². The number of amides is 1. The summed E-state index contributed by atoms with van der Waals surface area (Å²) in [5.41, 5.74) is 1.78. The van der Waals surface area contributed by atoms with Crippen LogP contribution in [0.15, 0.2) is 30.9 Å². The molecule has 0 aliphatic heterocycles. The van der Waals surface area contributed by atoms with Gasteiger partial charge in [0.2, 0.25) is 5.91 Å². The molecular weight excluding hydrogens is 193 g/mol. The van der Waals surface area contributed by atoms with E-state index in [1.807, 2.05) is 0 Å². The van der Waals surface area contributed by atoms with E-state index < -0.39 is 7.12 Å². The standard InChI is InChI=1S/C10H12BNO3/c1-3-10(13)12-9-5-4-8(11(14)15)6-7(9)2/h3-6,14-15H,1H2,2H3,(H,12,13). The van der Waals surface area contributed by atoms with Gasteiger partial charge in [0, 0.05) is 5.69 Å². The quantitative estimate of drug-likeness (QED) is 0.472. The topological polar surface area (TPSA) is 69.6 Å². The first-order chi connectivity index (χ1) is 7.04. The van der Waals surface area contributed by atoms with E-state index in [0.29, 0.717) is 11.2 Å². The lowest BCUT2D eigenvalue weighted by Crippen LogP contribution is -2.30. The van der Waals surface area contributed by atoms with Crippen molar-refractivity contribution in [3.63, 3.8) is 0 Å². The van der Waals surface area contributed by atoms with E-state index in [4.69, 9.17) is 10.0 Å². The maximum Gasteiger partial charge on any atom is 0.488 e. The zero-order valence-electron chi connectivity index (χ0n) is 8.40. The fraction of sp³-hybridized carbons (Fsp3) is 0.100. The first-order valence-corrected chi connectivity index (χ1v) is 4.44. The lowest BCUT2D eigenvalue weighted by Gasteiger charge is -2.08. The molecular formula is C10H12BNO3. The van der Waals surface area contributed by atoms with Crippen molar-refractivity contribution in [2.24, 2.45) is 0 Å². The summed E-state index contributed by atoms with van der Waals surface area (Å²) in [5, 5.41) is 20.4. The van der Waals surface area contributed by atoms with Crippen LogP contribution < -0.4 is 10.8 Å². The van der Waals surface area contributed by atoms with Crippen LogP contribution in [0.2, 0.25) is 0 Å². The average Bonchev–Trinajstić information content (AvgIpc) is 2.20. The Labute approximate surface area is 88.4 Å². The molecule has 1 amide bonds. The molecule has 0 bridgehead atoms. The molecule has 1 aromatic carbocycles. The molecule has 78 valence electrons. The second kappa shape index (κ2) is 4.77. The SMILES string of the molecule is C=CC(=O)Nc1ccc(B(O)O)cc1C. The highest BCUT2D eigenvalue weighted by atomic mass is 16.4. The Bertz CT molecular complexity index is 390. The van der Waals surface area contributed by atoms with E-state index in [9.17, 15) is 4.79 Å². The van der Waals surface area contributed by atoms with Gasteiger partial charge in [-0.3, -0.25) is 4.79 Å². The van der Waals surface area contributed by atoms with Gasteiger partial charge in [-0.05, 0) is 30.1 Å². The van der Waals surface area contributed by atoms with Crippen molar-refractivity contribution in [2.75, 3.05) is 5.32 Å². The van der Waals surface area contributed by atoms with Crippen molar-refractivity contribution in [3.8, 4) is 0 Å². The van der Waals surface area contributed by atoms with Crippen molar-refractivity contribution in [1.29, 1.82) is 0 Å². The Hall–Kier alpha value is -1.59. The minimum absolute atomic E-state index is 0.296. The summed E-state index contributed by atoms with van der Waals surface area (Å²) in [5.74, 6) is -0.296. The lowest BCUT2D eigenvalue weighted by molar-refractivity contribution is -0.111. The number of rotatable bonds is 3. The van der Waals surface area contributed by atoms with Crippen LogP contribution in [0.5, 0.6) is 0 Å². The Morgan fingerprint density at radius 1 is 1.53 bits per heavy atom. The van der Waals surface area contributed by atoms with Gasteiger partial charge in [-0.1, -0.05) is 18.7 Å². The van der Waals surface area contributed by atoms with Gasteiger partial charge in [-0.15, -0.1) is 0 Å². The first kappa shape index (κ1) is 11.5. The van der Waals surface area contributed by atoms with Crippen LogP contribution in [0.3, 0.4) is 0 Å². The number of benzene rings is 1. The Morgan fingerprint density at radius 2 is 2.20 bits per heavy atom. The second-order valence-corrected chi connectivity index (χ2v) is 3.14. The molecule has 0 heterocycles. The van der Waals surface area contributed by atoms with Gasteiger partial charge in [-0.2, -0.15) is 0 Å². The van der Waals surface area contributed by atoms with E-state index in [1.165, 1.54) is 12.1 Å². The number of aryl methyl sites for hydroxylation is 1. The third-order valence-electron chi connectivity index (χ3n) is 1.99. The van der Waals surface area contributed by atoms with E-state index in [1.54, 1.807) is 19.1 Å². The van der Waals surface area contributed by atoms with Gasteiger partial charge >= 0.3 is 7.12 Å². The molecule has 0 aromatic heterocycles. The van der Waals surface area contributed by atoms with Gasteiger partial charge < -0.3 is 15.4 Å². The summed E-state index contributed by atoms with van der Waals surface area (Å²) in [6, 6.07) is 4.76. The van der Waals surface area contributed by atoms with Crippen molar-refractivity contribution in [3.05, 3.63) is 36.4 Å². The largest absolute Gasteiger partial charge is 0.488 e. The van der Waals surface area contributed by atoms with Crippen LogP contribution in [0.1, 0.15) is 5.56 Å². The maximum absolute atomic E-state index is 11.0. The number of nitrogens with one attached hydrogen (secondary N) is 1. The van der Waals surface area contributed by atoms with Crippen molar-refractivity contribution < 1.29 is 14.8 Å². The highest BCUT2D eigenvalue weighted by Crippen LogP contribution is 2.12. The predicted molar refractivity (Wildman–Crippen MR) is 59.8 cm³/mol. The fourth-order valence-corrected chi connectivity index (χ4v) is 1.17. The summed E-state index contributed by atoms with van der Waals surface area (Å²) in [6.07, 6.45) is 1.17. The monoisotopic (exact) mass is 205 g/mol. The summed E-state index contributed by atoms with van der Waals surface area (Å²) in [4.78, 5) is 11.0. The summed E-state index contributed by atoms with van der Waals surface area (Å²) < 4.78 is 0. The molecule has 0 fully saturated rings. The molecule has 0 spiro atoms. The minimum Gasteiger partial charge on any atom is -0.423 e. The molecule has 0 unspecified atom stereocenters.